The molecule has 2 amide bonds. The Hall–Kier alpha value is -1.82. The van der Waals surface area contributed by atoms with Crippen LogP contribution in [0.15, 0.2) is 18.2 Å². The third kappa shape index (κ3) is 3.60. The van der Waals surface area contributed by atoms with Crippen LogP contribution in [0.25, 0.3) is 0 Å². The van der Waals surface area contributed by atoms with Gasteiger partial charge in [0.15, 0.2) is 0 Å². The number of carbonyl (C=O) groups excluding carboxylic acids is 1. The molecule has 0 saturated carbocycles. The molecule has 1 aromatic carbocycles. The molecule has 0 aliphatic carbocycles. The van der Waals surface area contributed by atoms with Crippen LogP contribution < -0.4 is 10.6 Å². The predicted octanol–water partition coefficient (Wildman–Crippen LogP) is 3.24. The molecular weight excluding hydrogens is 287 g/mol. The number of benzene rings is 1. The highest BCUT2D eigenvalue weighted by Gasteiger charge is 2.36. The molecule has 0 aliphatic heterocycles. The third-order valence-corrected chi connectivity index (χ3v) is 3.38. The van der Waals surface area contributed by atoms with Crippen molar-refractivity contribution < 1.29 is 19.1 Å². The number of rotatable bonds is 5. The lowest BCUT2D eigenvalue weighted by Gasteiger charge is -2.28. The lowest BCUT2D eigenvalue weighted by molar-refractivity contribution is -0.144. The molecule has 0 bridgehead atoms. The van der Waals surface area contributed by atoms with Gasteiger partial charge >= 0.3 is 12.0 Å². The van der Waals surface area contributed by atoms with Crippen LogP contribution in [0.3, 0.4) is 0 Å². The van der Waals surface area contributed by atoms with Crippen LogP contribution >= 0.6 is 11.6 Å². The Kier molecular flexibility index (Phi) is 5.33. The van der Waals surface area contributed by atoms with Gasteiger partial charge in [-0.15, -0.1) is 0 Å². The number of hydrogen-bond acceptors (Lipinski definition) is 2. The maximum absolute atomic E-state index is 13.5. The highest BCUT2D eigenvalue weighted by molar-refractivity contribution is 6.30. The average Bonchev–Trinajstić information content (AvgIpc) is 2.40. The smallest absolute Gasteiger partial charge is 0.329 e. The van der Waals surface area contributed by atoms with Crippen LogP contribution in [0.4, 0.5) is 14.9 Å². The van der Waals surface area contributed by atoms with Crippen LogP contribution in [0.5, 0.6) is 0 Å². The zero-order valence-corrected chi connectivity index (χ0v) is 11.9. The van der Waals surface area contributed by atoms with Gasteiger partial charge < -0.3 is 15.7 Å². The van der Waals surface area contributed by atoms with Crippen molar-refractivity contribution in [2.24, 2.45) is 0 Å². The summed E-state index contributed by atoms with van der Waals surface area (Å²) in [5.41, 5.74) is -1.49. The Morgan fingerprint density at radius 2 is 1.95 bits per heavy atom. The van der Waals surface area contributed by atoms with E-state index in [-0.39, 0.29) is 23.6 Å². The molecule has 1 rings (SSSR count). The minimum absolute atomic E-state index is 0.110. The molecule has 0 aromatic heterocycles. The maximum Gasteiger partial charge on any atom is 0.329 e. The number of nitrogens with one attached hydrogen (secondary N) is 2. The SMILES string of the molecule is CCC(CC)(NC(=O)Nc1cc(Cl)ccc1F)C(=O)O. The third-order valence-electron chi connectivity index (χ3n) is 3.15. The van der Waals surface area contributed by atoms with Gasteiger partial charge in [0.05, 0.1) is 5.69 Å². The molecule has 7 heteroatoms. The van der Waals surface area contributed by atoms with Gasteiger partial charge in [0.25, 0.3) is 0 Å². The van der Waals surface area contributed by atoms with Crippen molar-refractivity contribution in [3.63, 3.8) is 0 Å². The molecule has 20 heavy (non-hydrogen) atoms. The maximum atomic E-state index is 13.5. The summed E-state index contributed by atoms with van der Waals surface area (Å²) in [5, 5.41) is 14.1. The van der Waals surface area contributed by atoms with Gasteiger partial charge in [-0.1, -0.05) is 25.4 Å². The van der Waals surface area contributed by atoms with Crippen molar-refractivity contribution in [3.05, 3.63) is 29.0 Å². The largest absolute Gasteiger partial charge is 0.480 e. The number of urea groups is 1. The highest BCUT2D eigenvalue weighted by Crippen LogP contribution is 2.20. The second-order valence-corrected chi connectivity index (χ2v) is 4.73. The van der Waals surface area contributed by atoms with Crippen molar-refractivity contribution in [1.29, 1.82) is 0 Å². The monoisotopic (exact) mass is 302 g/mol. The molecule has 0 saturated heterocycles. The molecule has 0 unspecified atom stereocenters. The lowest BCUT2D eigenvalue weighted by Crippen LogP contribution is -2.55. The Balaban J connectivity index is 2.86. The van der Waals surface area contributed by atoms with E-state index in [0.29, 0.717) is 0 Å². The van der Waals surface area contributed by atoms with E-state index in [1.807, 2.05) is 0 Å². The minimum atomic E-state index is -1.38. The lowest BCUT2D eigenvalue weighted by atomic mass is 9.93. The first-order valence-electron chi connectivity index (χ1n) is 6.12. The van der Waals surface area contributed by atoms with E-state index in [9.17, 15) is 19.1 Å². The fourth-order valence-electron chi connectivity index (χ4n) is 1.75. The van der Waals surface area contributed by atoms with E-state index in [1.165, 1.54) is 12.1 Å². The molecule has 0 fully saturated rings. The van der Waals surface area contributed by atoms with Crippen LogP contribution in [0, 0.1) is 5.82 Å². The number of aliphatic carboxylic acids is 1. The van der Waals surface area contributed by atoms with Crippen LogP contribution in [0.2, 0.25) is 5.02 Å². The molecule has 110 valence electrons. The number of hydrogen-bond donors (Lipinski definition) is 3. The topological polar surface area (TPSA) is 78.4 Å². The first-order chi connectivity index (χ1) is 9.34. The fraction of sp³-hybridized carbons (Fsp3) is 0.385. The van der Waals surface area contributed by atoms with E-state index in [0.717, 1.165) is 6.07 Å². The molecule has 5 nitrogen and oxygen atoms in total. The van der Waals surface area contributed by atoms with E-state index < -0.39 is 23.4 Å². The normalized spacial score (nSPS) is 11.0. The summed E-state index contributed by atoms with van der Waals surface area (Å²) in [6.45, 7) is 3.30. The summed E-state index contributed by atoms with van der Waals surface area (Å²) >= 11 is 5.71. The van der Waals surface area contributed by atoms with Crippen molar-refractivity contribution in [1.82, 2.24) is 5.32 Å². The number of anilines is 1. The van der Waals surface area contributed by atoms with Gasteiger partial charge in [-0.05, 0) is 31.0 Å². The highest BCUT2D eigenvalue weighted by atomic mass is 35.5. The number of carboxylic acids is 1. The molecule has 0 aliphatic rings. The van der Waals surface area contributed by atoms with Crippen LogP contribution in [-0.2, 0) is 4.79 Å². The van der Waals surface area contributed by atoms with E-state index >= 15 is 0 Å². The van der Waals surface area contributed by atoms with Gasteiger partial charge in [0.1, 0.15) is 11.4 Å². The summed E-state index contributed by atoms with van der Waals surface area (Å²) in [6, 6.07) is 2.91. The van der Waals surface area contributed by atoms with Crippen molar-refractivity contribution in [3.8, 4) is 0 Å². The Bertz CT molecular complexity index is 518. The van der Waals surface area contributed by atoms with Crippen LogP contribution in [0.1, 0.15) is 26.7 Å². The summed E-state index contributed by atoms with van der Waals surface area (Å²) in [6.07, 6.45) is 0.425. The summed E-state index contributed by atoms with van der Waals surface area (Å²) in [5.74, 6) is -1.79. The average molecular weight is 303 g/mol. The summed E-state index contributed by atoms with van der Waals surface area (Å²) in [7, 11) is 0. The molecule has 3 N–H and O–H groups in total. The van der Waals surface area contributed by atoms with E-state index in [2.05, 4.69) is 10.6 Å². The Morgan fingerprint density at radius 3 is 2.45 bits per heavy atom. The van der Waals surface area contributed by atoms with Crippen molar-refractivity contribution in [2.75, 3.05) is 5.32 Å². The quantitative estimate of drug-likeness (QED) is 0.781. The van der Waals surface area contributed by atoms with Gasteiger partial charge in [-0.2, -0.15) is 0 Å². The summed E-state index contributed by atoms with van der Waals surface area (Å²) in [4.78, 5) is 23.1. The van der Waals surface area contributed by atoms with Gasteiger partial charge in [-0.25, -0.2) is 14.0 Å². The second kappa shape index (κ2) is 6.56. The number of carbonyl (C=O) groups is 2. The first kappa shape index (κ1) is 16.2. The Labute approximate surface area is 121 Å². The zero-order chi connectivity index (χ0) is 15.3. The number of carboxylic acid groups (broad SMARTS) is 1. The molecule has 0 atom stereocenters. The summed E-state index contributed by atoms with van der Waals surface area (Å²) < 4.78 is 13.5. The van der Waals surface area contributed by atoms with E-state index in [1.54, 1.807) is 13.8 Å². The fourth-order valence-corrected chi connectivity index (χ4v) is 1.92. The second-order valence-electron chi connectivity index (χ2n) is 4.30. The van der Waals surface area contributed by atoms with Crippen molar-refractivity contribution in [2.45, 2.75) is 32.2 Å². The minimum Gasteiger partial charge on any atom is -0.480 e. The Morgan fingerprint density at radius 1 is 1.35 bits per heavy atom. The van der Waals surface area contributed by atoms with E-state index in [4.69, 9.17) is 11.6 Å². The van der Waals surface area contributed by atoms with Crippen LogP contribution in [-0.4, -0.2) is 22.6 Å². The molecule has 0 spiro atoms. The predicted molar refractivity (Wildman–Crippen MR) is 74.5 cm³/mol. The standard InChI is InChI=1S/C13H16ClFN2O3/c1-3-13(4-2,11(18)19)17-12(20)16-10-7-8(14)5-6-9(10)15/h5-7H,3-4H2,1-2H3,(H,18,19)(H2,16,17,20). The molecule has 0 heterocycles. The zero-order valence-electron chi connectivity index (χ0n) is 11.2. The molecule has 0 radical (unpaired) electrons. The van der Waals surface area contributed by atoms with Crippen molar-refractivity contribution >= 4 is 29.3 Å². The molecular formula is C13H16ClFN2O3. The first-order valence-corrected chi connectivity index (χ1v) is 6.50. The van der Waals surface area contributed by atoms with Gasteiger partial charge in [-0.3, -0.25) is 0 Å². The number of halogens is 2. The van der Waals surface area contributed by atoms with Gasteiger partial charge in [0.2, 0.25) is 0 Å². The molecule has 1 aromatic rings. The van der Waals surface area contributed by atoms with Gasteiger partial charge in [0, 0.05) is 5.02 Å². The number of amides is 2.